The molecule has 1 fully saturated rings. The number of nitrogens with zero attached hydrogens (tertiary/aromatic N) is 2. The van der Waals surface area contributed by atoms with Gasteiger partial charge in [0.1, 0.15) is 0 Å². The summed E-state index contributed by atoms with van der Waals surface area (Å²) in [6.45, 7) is 2.10. The maximum atomic E-state index is 12.2. The molecular weight excluding hydrogens is 350 g/mol. The topological polar surface area (TPSA) is 117 Å². The van der Waals surface area contributed by atoms with E-state index in [4.69, 9.17) is 0 Å². The minimum absolute atomic E-state index is 0.0312. The second-order valence-electron chi connectivity index (χ2n) is 5.92. The molecule has 9 heteroatoms. The molecule has 1 aliphatic rings. The van der Waals surface area contributed by atoms with E-state index in [0.717, 1.165) is 11.4 Å². The van der Waals surface area contributed by atoms with Crippen LogP contribution in [0.2, 0.25) is 0 Å². The third kappa shape index (κ3) is 4.51. The molecular formula is C18H19N5O4. The monoisotopic (exact) mass is 369 g/mol. The second-order valence-corrected chi connectivity index (χ2v) is 5.92. The van der Waals surface area contributed by atoms with Crippen molar-refractivity contribution in [1.82, 2.24) is 10.6 Å². The van der Waals surface area contributed by atoms with Gasteiger partial charge in [0.15, 0.2) is 0 Å². The molecule has 3 N–H and O–H groups in total. The fourth-order valence-electron chi connectivity index (χ4n) is 2.70. The number of hydrogen-bond acceptors (Lipinski definition) is 5. The number of amides is 3. The van der Waals surface area contributed by atoms with Gasteiger partial charge in [0.25, 0.3) is 11.6 Å². The Labute approximate surface area is 155 Å². The molecule has 0 aliphatic carbocycles. The van der Waals surface area contributed by atoms with Gasteiger partial charge < -0.3 is 16.0 Å². The maximum absolute atomic E-state index is 12.2. The highest BCUT2D eigenvalue weighted by atomic mass is 16.6. The van der Waals surface area contributed by atoms with E-state index in [1.165, 1.54) is 12.1 Å². The van der Waals surface area contributed by atoms with Crippen LogP contribution >= 0.6 is 0 Å². The minimum Gasteiger partial charge on any atom is -0.383 e. The lowest BCUT2D eigenvalue weighted by Crippen LogP contribution is -2.29. The number of carbonyl (C=O) groups excluding carboxylic acids is 2. The smallest absolute Gasteiger partial charge is 0.321 e. The van der Waals surface area contributed by atoms with Gasteiger partial charge in [-0.05, 0) is 36.4 Å². The Hall–Kier alpha value is -3.62. The van der Waals surface area contributed by atoms with Crippen LogP contribution in [0.3, 0.4) is 0 Å². The molecule has 0 bridgehead atoms. The number of non-ortho nitro benzene ring substituents is 1. The average molecular weight is 369 g/mol. The van der Waals surface area contributed by atoms with Crippen molar-refractivity contribution in [3.8, 4) is 0 Å². The van der Waals surface area contributed by atoms with E-state index in [-0.39, 0.29) is 17.6 Å². The van der Waals surface area contributed by atoms with E-state index in [1.807, 2.05) is 0 Å². The Balaban J connectivity index is 1.45. The molecule has 1 aliphatic heterocycles. The predicted octanol–water partition coefficient (Wildman–Crippen LogP) is 1.97. The SMILES string of the molecule is O=C(NCCNc1ccc([N+](=O)[O-])cc1)c1ccc(N2CCNC2=O)cc1. The molecule has 0 aromatic heterocycles. The number of nitro benzene ring substituents is 1. The molecule has 0 spiro atoms. The lowest BCUT2D eigenvalue weighted by atomic mass is 10.2. The van der Waals surface area contributed by atoms with Gasteiger partial charge >= 0.3 is 6.03 Å². The zero-order chi connectivity index (χ0) is 19.2. The Morgan fingerprint density at radius 3 is 2.41 bits per heavy atom. The van der Waals surface area contributed by atoms with E-state index >= 15 is 0 Å². The van der Waals surface area contributed by atoms with Crippen molar-refractivity contribution in [3.05, 3.63) is 64.2 Å². The Morgan fingerprint density at radius 2 is 1.81 bits per heavy atom. The highest BCUT2D eigenvalue weighted by molar-refractivity contribution is 5.97. The molecule has 3 rings (SSSR count). The zero-order valence-electron chi connectivity index (χ0n) is 14.5. The van der Waals surface area contributed by atoms with Gasteiger partial charge in [-0.25, -0.2) is 4.79 Å². The summed E-state index contributed by atoms with van der Waals surface area (Å²) in [6.07, 6.45) is 0. The van der Waals surface area contributed by atoms with Crippen molar-refractivity contribution in [2.24, 2.45) is 0 Å². The Morgan fingerprint density at radius 1 is 1.11 bits per heavy atom. The standard InChI is InChI=1S/C18H19N5O4/c24-17(13-1-5-15(6-2-13)22-12-11-21-18(22)25)20-10-9-19-14-3-7-16(8-4-14)23(26)27/h1-8,19H,9-12H2,(H,20,24)(H,21,25). The molecule has 2 aromatic rings. The lowest BCUT2D eigenvalue weighted by Gasteiger charge is -2.14. The normalized spacial score (nSPS) is 13.2. The van der Waals surface area contributed by atoms with Crippen molar-refractivity contribution in [2.45, 2.75) is 0 Å². The van der Waals surface area contributed by atoms with Crippen LogP contribution in [0, 0.1) is 10.1 Å². The van der Waals surface area contributed by atoms with Crippen molar-refractivity contribution in [1.29, 1.82) is 0 Å². The van der Waals surface area contributed by atoms with E-state index < -0.39 is 4.92 Å². The molecule has 0 saturated carbocycles. The highest BCUT2D eigenvalue weighted by Gasteiger charge is 2.21. The number of benzene rings is 2. The minimum atomic E-state index is -0.453. The van der Waals surface area contributed by atoms with E-state index in [1.54, 1.807) is 41.3 Å². The molecule has 0 unspecified atom stereocenters. The first-order chi connectivity index (χ1) is 13.0. The van der Waals surface area contributed by atoms with Crippen molar-refractivity contribution >= 4 is 29.0 Å². The molecule has 140 valence electrons. The molecule has 27 heavy (non-hydrogen) atoms. The van der Waals surface area contributed by atoms with Gasteiger partial charge in [-0.1, -0.05) is 0 Å². The van der Waals surface area contributed by atoms with Crippen LogP contribution in [0.15, 0.2) is 48.5 Å². The molecule has 0 atom stereocenters. The summed E-state index contributed by atoms with van der Waals surface area (Å²) in [5.41, 5.74) is 2.03. The molecule has 9 nitrogen and oxygen atoms in total. The summed E-state index contributed by atoms with van der Waals surface area (Å²) in [7, 11) is 0. The van der Waals surface area contributed by atoms with Crippen LogP contribution in [-0.2, 0) is 0 Å². The summed E-state index contributed by atoms with van der Waals surface area (Å²) in [5.74, 6) is -0.210. The Kier molecular flexibility index (Phi) is 5.50. The lowest BCUT2D eigenvalue weighted by molar-refractivity contribution is -0.384. The molecule has 0 radical (unpaired) electrons. The number of hydrogen-bond donors (Lipinski definition) is 3. The number of urea groups is 1. The predicted molar refractivity (Wildman–Crippen MR) is 101 cm³/mol. The average Bonchev–Trinajstić information content (AvgIpc) is 3.11. The summed E-state index contributed by atoms with van der Waals surface area (Å²) in [6, 6.07) is 12.8. The number of nitro groups is 1. The molecule has 2 aromatic carbocycles. The van der Waals surface area contributed by atoms with Crippen LogP contribution in [0.4, 0.5) is 21.9 Å². The van der Waals surface area contributed by atoms with Gasteiger partial charge in [-0.3, -0.25) is 19.8 Å². The van der Waals surface area contributed by atoms with Gasteiger partial charge in [-0.2, -0.15) is 0 Å². The number of anilines is 2. The number of rotatable bonds is 7. The van der Waals surface area contributed by atoms with Gasteiger partial charge in [0.05, 0.1) is 4.92 Å². The van der Waals surface area contributed by atoms with Crippen LogP contribution in [-0.4, -0.2) is 43.0 Å². The zero-order valence-corrected chi connectivity index (χ0v) is 14.5. The van der Waals surface area contributed by atoms with Gasteiger partial charge in [-0.15, -0.1) is 0 Å². The fourth-order valence-corrected chi connectivity index (χ4v) is 2.70. The fraction of sp³-hybridized carbons (Fsp3) is 0.222. The molecule has 1 heterocycles. The van der Waals surface area contributed by atoms with Gasteiger partial charge in [0.2, 0.25) is 0 Å². The molecule has 3 amide bonds. The molecule has 1 saturated heterocycles. The second kappa shape index (κ2) is 8.17. The van der Waals surface area contributed by atoms with Crippen LogP contribution in [0.1, 0.15) is 10.4 Å². The number of nitrogens with one attached hydrogen (secondary N) is 3. The van der Waals surface area contributed by atoms with Crippen LogP contribution < -0.4 is 20.9 Å². The van der Waals surface area contributed by atoms with Crippen LogP contribution in [0.5, 0.6) is 0 Å². The quantitative estimate of drug-likeness (QED) is 0.392. The maximum Gasteiger partial charge on any atom is 0.321 e. The summed E-state index contributed by atoms with van der Waals surface area (Å²) in [4.78, 5) is 35.6. The third-order valence-electron chi connectivity index (χ3n) is 4.12. The largest absolute Gasteiger partial charge is 0.383 e. The summed E-state index contributed by atoms with van der Waals surface area (Å²) >= 11 is 0. The highest BCUT2D eigenvalue weighted by Crippen LogP contribution is 2.17. The Bertz CT molecular complexity index is 836. The van der Waals surface area contributed by atoms with E-state index in [0.29, 0.717) is 31.7 Å². The first-order valence-electron chi connectivity index (χ1n) is 8.46. The summed E-state index contributed by atoms with van der Waals surface area (Å²) < 4.78 is 0. The van der Waals surface area contributed by atoms with Crippen LogP contribution in [0.25, 0.3) is 0 Å². The van der Waals surface area contributed by atoms with Crippen molar-refractivity contribution in [2.75, 3.05) is 36.4 Å². The van der Waals surface area contributed by atoms with E-state index in [2.05, 4.69) is 16.0 Å². The first-order valence-corrected chi connectivity index (χ1v) is 8.46. The van der Waals surface area contributed by atoms with Crippen molar-refractivity contribution in [3.63, 3.8) is 0 Å². The third-order valence-corrected chi connectivity index (χ3v) is 4.12. The first kappa shape index (κ1) is 18.2. The van der Waals surface area contributed by atoms with E-state index in [9.17, 15) is 19.7 Å². The van der Waals surface area contributed by atoms with Crippen molar-refractivity contribution < 1.29 is 14.5 Å². The number of carbonyl (C=O) groups is 2. The summed E-state index contributed by atoms with van der Waals surface area (Å²) in [5, 5.41) is 19.2. The van der Waals surface area contributed by atoms with Gasteiger partial charge in [0, 0.05) is 55.2 Å².